The Kier molecular flexibility index (Phi) is 6.75. The van der Waals surface area contributed by atoms with Crippen molar-refractivity contribution in [2.75, 3.05) is 19.6 Å². The molecule has 0 rings (SSSR count). The van der Waals surface area contributed by atoms with Gasteiger partial charge >= 0.3 is 11.8 Å². The molecule has 1 N–H and O–H groups in total. The van der Waals surface area contributed by atoms with E-state index in [1.54, 1.807) is 0 Å². The third-order valence-electron chi connectivity index (χ3n) is 2.25. The molecule has 0 atom stereocenters. The second kappa shape index (κ2) is 7.26. The molecule has 0 aliphatic carbocycles. The Morgan fingerprint density at radius 2 is 1.73 bits per heavy atom. The first kappa shape index (κ1) is 13.9. The number of carbonyl (C=O) groups excluding carboxylic acids is 2. The summed E-state index contributed by atoms with van der Waals surface area (Å²) < 4.78 is 0. The van der Waals surface area contributed by atoms with Gasteiger partial charge in [-0.25, -0.2) is 0 Å². The summed E-state index contributed by atoms with van der Waals surface area (Å²) in [5, 5.41) is 2.63. The van der Waals surface area contributed by atoms with Gasteiger partial charge in [0.2, 0.25) is 0 Å². The van der Waals surface area contributed by atoms with Crippen LogP contribution in [0.1, 0.15) is 34.1 Å². The minimum absolute atomic E-state index is 0.427. The van der Waals surface area contributed by atoms with Crippen LogP contribution in [0.25, 0.3) is 0 Å². The highest BCUT2D eigenvalue weighted by atomic mass is 16.2. The quantitative estimate of drug-likeness (QED) is 0.695. The standard InChI is InChI=1S/C11H22N2O2/c1-5-13(6-2)11(15)10(14)12-8-7-9(3)4/h9H,5-8H2,1-4H3,(H,12,14). The van der Waals surface area contributed by atoms with E-state index in [1.807, 2.05) is 13.8 Å². The molecule has 0 aliphatic heterocycles. The third kappa shape index (κ3) is 5.40. The Balaban J connectivity index is 3.93. The van der Waals surface area contributed by atoms with Gasteiger partial charge in [0.05, 0.1) is 0 Å². The summed E-state index contributed by atoms with van der Waals surface area (Å²) in [5.41, 5.74) is 0. The minimum Gasteiger partial charge on any atom is -0.348 e. The topological polar surface area (TPSA) is 49.4 Å². The van der Waals surface area contributed by atoms with E-state index in [0.717, 1.165) is 6.42 Å². The number of nitrogens with one attached hydrogen (secondary N) is 1. The highest BCUT2D eigenvalue weighted by Crippen LogP contribution is 1.96. The highest BCUT2D eigenvalue weighted by Gasteiger charge is 2.18. The molecule has 0 bridgehead atoms. The van der Waals surface area contributed by atoms with Gasteiger partial charge in [0, 0.05) is 19.6 Å². The molecule has 0 saturated heterocycles. The van der Waals surface area contributed by atoms with Gasteiger partial charge in [0.25, 0.3) is 0 Å². The third-order valence-corrected chi connectivity index (χ3v) is 2.25. The fraction of sp³-hybridized carbons (Fsp3) is 0.818. The second-order valence-electron chi connectivity index (χ2n) is 3.92. The number of likely N-dealkylation sites (N-methyl/N-ethyl adjacent to an activating group) is 1. The van der Waals surface area contributed by atoms with Crippen LogP contribution in [0.5, 0.6) is 0 Å². The van der Waals surface area contributed by atoms with E-state index in [2.05, 4.69) is 19.2 Å². The SMILES string of the molecule is CCN(CC)C(=O)C(=O)NCCC(C)C. The summed E-state index contributed by atoms with van der Waals surface area (Å²) in [7, 11) is 0. The van der Waals surface area contributed by atoms with Crippen molar-refractivity contribution >= 4 is 11.8 Å². The van der Waals surface area contributed by atoms with Crippen LogP contribution in [0.4, 0.5) is 0 Å². The van der Waals surface area contributed by atoms with Crippen molar-refractivity contribution in [1.29, 1.82) is 0 Å². The number of hydrogen-bond acceptors (Lipinski definition) is 2. The summed E-state index contributed by atoms with van der Waals surface area (Å²) in [6.07, 6.45) is 0.900. The van der Waals surface area contributed by atoms with Crippen molar-refractivity contribution in [3.8, 4) is 0 Å². The molecule has 0 heterocycles. The first-order valence-corrected chi connectivity index (χ1v) is 5.60. The minimum atomic E-state index is -0.487. The van der Waals surface area contributed by atoms with Crippen LogP contribution in [-0.2, 0) is 9.59 Å². The van der Waals surface area contributed by atoms with Crippen molar-refractivity contribution in [3.05, 3.63) is 0 Å². The maximum atomic E-state index is 11.5. The van der Waals surface area contributed by atoms with E-state index >= 15 is 0 Å². The number of nitrogens with zero attached hydrogens (tertiary/aromatic N) is 1. The van der Waals surface area contributed by atoms with E-state index in [4.69, 9.17) is 0 Å². The van der Waals surface area contributed by atoms with Gasteiger partial charge in [-0.3, -0.25) is 9.59 Å². The second-order valence-corrected chi connectivity index (χ2v) is 3.92. The van der Waals surface area contributed by atoms with Crippen LogP contribution in [0.2, 0.25) is 0 Å². The Labute approximate surface area is 92.0 Å². The molecule has 0 unspecified atom stereocenters. The number of amides is 2. The Hall–Kier alpha value is -1.06. The van der Waals surface area contributed by atoms with E-state index in [1.165, 1.54) is 4.90 Å². The van der Waals surface area contributed by atoms with E-state index in [0.29, 0.717) is 25.6 Å². The van der Waals surface area contributed by atoms with Crippen molar-refractivity contribution in [3.63, 3.8) is 0 Å². The maximum Gasteiger partial charge on any atom is 0.311 e. The van der Waals surface area contributed by atoms with Crippen molar-refractivity contribution < 1.29 is 9.59 Å². The zero-order chi connectivity index (χ0) is 11.8. The van der Waals surface area contributed by atoms with Gasteiger partial charge in [-0.15, -0.1) is 0 Å². The van der Waals surface area contributed by atoms with Gasteiger partial charge in [0.15, 0.2) is 0 Å². The highest BCUT2D eigenvalue weighted by molar-refractivity contribution is 6.34. The smallest absolute Gasteiger partial charge is 0.311 e. The van der Waals surface area contributed by atoms with Crippen molar-refractivity contribution in [2.45, 2.75) is 34.1 Å². The van der Waals surface area contributed by atoms with Crippen LogP contribution < -0.4 is 5.32 Å². The molecule has 15 heavy (non-hydrogen) atoms. The first-order valence-electron chi connectivity index (χ1n) is 5.60. The largest absolute Gasteiger partial charge is 0.348 e. The van der Waals surface area contributed by atoms with Gasteiger partial charge in [-0.2, -0.15) is 0 Å². The first-order chi connectivity index (χ1) is 7.02. The van der Waals surface area contributed by atoms with Crippen LogP contribution in [0, 0.1) is 5.92 Å². The average molecular weight is 214 g/mol. The molecule has 4 heteroatoms. The summed E-state index contributed by atoms with van der Waals surface area (Å²) in [6.45, 7) is 9.62. The summed E-state index contributed by atoms with van der Waals surface area (Å²) in [4.78, 5) is 24.4. The molecular weight excluding hydrogens is 192 g/mol. The monoisotopic (exact) mass is 214 g/mol. The number of rotatable bonds is 5. The summed E-state index contributed by atoms with van der Waals surface area (Å²) in [5.74, 6) is -0.378. The fourth-order valence-corrected chi connectivity index (χ4v) is 1.20. The molecule has 0 radical (unpaired) electrons. The maximum absolute atomic E-state index is 11.5. The molecule has 0 aromatic rings. The molecule has 0 spiro atoms. The molecule has 0 aromatic carbocycles. The van der Waals surface area contributed by atoms with Crippen molar-refractivity contribution in [2.24, 2.45) is 5.92 Å². The van der Waals surface area contributed by atoms with Gasteiger partial charge in [-0.05, 0) is 26.2 Å². The molecule has 2 amide bonds. The Morgan fingerprint density at radius 1 is 1.20 bits per heavy atom. The Bertz CT molecular complexity index is 211. The number of hydrogen-bond donors (Lipinski definition) is 1. The van der Waals surface area contributed by atoms with E-state index in [-0.39, 0.29) is 0 Å². The average Bonchev–Trinajstić information content (AvgIpc) is 2.18. The van der Waals surface area contributed by atoms with Crippen LogP contribution in [0.15, 0.2) is 0 Å². The molecule has 0 saturated carbocycles. The summed E-state index contributed by atoms with van der Waals surface area (Å²) in [6, 6.07) is 0. The lowest BCUT2D eigenvalue weighted by molar-refractivity contribution is -0.145. The molecule has 88 valence electrons. The molecule has 0 fully saturated rings. The predicted molar refractivity (Wildman–Crippen MR) is 60.4 cm³/mol. The van der Waals surface area contributed by atoms with Crippen LogP contribution in [-0.4, -0.2) is 36.3 Å². The normalized spacial score (nSPS) is 10.2. The summed E-state index contributed by atoms with van der Waals surface area (Å²) >= 11 is 0. The molecule has 0 aliphatic rings. The van der Waals surface area contributed by atoms with Gasteiger partial charge in [0.1, 0.15) is 0 Å². The molecular formula is C11H22N2O2. The van der Waals surface area contributed by atoms with Gasteiger partial charge < -0.3 is 10.2 Å². The van der Waals surface area contributed by atoms with E-state index in [9.17, 15) is 9.59 Å². The number of carbonyl (C=O) groups is 2. The Morgan fingerprint density at radius 3 is 2.13 bits per heavy atom. The fourth-order valence-electron chi connectivity index (χ4n) is 1.20. The van der Waals surface area contributed by atoms with Gasteiger partial charge in [-0.1, -0.05) is 13.8 Å². The molecule has 0 aromatic heterocycles. The van der Waals surface area contributed by atoms with Crippen LogP contribution >= 0.6 is 0 Å². The van der Waals surface area contributed by atoms with E-state index < -0.39 is 11.8 Å². The van der Waals surface area contributed by atoms with Crippen molar-refractivity contribution in [1.82, 2.24) is 10.2 Å². The van der Waals surface area contributed by atoms with Crippen LogP contribution in [0.3, 0.4) is 0 Å². The lowest BCUT2D eigenvalue weighted by atomic mass is 10.1. The lowest BCUT2D eigenvalue weighted by Gasteiger charge is -2.17. The zero-order valence-corrected chi connectivity index (χ0v) is 10.2. The predicted octanol–water partition coefficient (Wildman–Crippen LogP) is 1.02. The lowest BCUT2D eigenvalue weighted by Crippen LogP contribution is -2.43. The molecule has 4 nitrogen and oxygen atoms in total. The zero-order valence-electron chi connectivity index (χ0n) is 10.2.